The standard InChI is InChI=1S/C29H24N2O4S/c1-34-26-16-11-19(17-27(26)35-2)29(33)30-20-12-14-21(15-13-20)36-18-28(32)31-24-9-5-3-7-22(24)23-8-4-6-10-25(23)31/h3-17H,18H2,1-2H3,(H,30,33). The molecule has 1 aromatic heterocycles. The van der Waals surface area contributed by atoms with Crippen molar-refractivity contribution in [2.75, 3.05) is 25.3 Å². The van der Waals surface area contributed by atoms with E-state index in [1.807, 2.05) is 72.8 Å². The number of carbonyl (C=O) groups excluding carboxylic acids is 2. The van der Waals surface area contributed by atoms with Crippen molar-refractivity contribution in [3.05, 3.63) is 96.6 Å². The van der Waals surface area contributed by atoms with E-state index in [0.29, 0.717) is 28.5 Å². The third-order valence-electron chi connectivity index (χ3n) is 5.95. The zero-order valence-corrected chi connectivity index (χ0v) is 20.7. The summed E-state index contributed by atoms with van der Waals surface area (Å²) in [5.74, 6) is 1.11. The van der Waals surface area contributed by atoms with Gasteiger partial charge in [0, 0.05) is 26.9 Å². The molecule has 0 spiro atoms. The summed E-state index contributed by atoms with van der Waals surface area (Å²) in [6, 6.07) is 28.4. The third kappa shape index (κ3) is 4.53. The Bertz CT molecular complexity index is 1520. The maximum atomic E-state index is 13.2. The number of hydrogen-bond donors (Lipinski definition) is 1. The smallest absolute Gasteiger partial charge is 0.255 e. The van der Waals surface area contributed by atoms with Crippen LogP contribution in [0.25, 0.3) is 21.8 Å². The number of ether oxygens (including phenoxy) is 2. The molecule has 180 valence electrons. The molecule has 5 rings (SSSR count). The lowest BCUT2D eigenvalue weighted by molar-refractivity contribution is 0.0950. The molecule has 0 atom stereocenters. The Morgan fingerprint density at radius 3 is 2.00 bits per heavy atom. The lowest BCUT2D eigenvalue weighted by atomic mass is 10.2. The molecule has 0 aliphatic rings. The van der Waals surface area contributed by atoms with Crippen LogP contribution in [-0.2, 0) is 0 Å². The largest absolute Gasteiger partial charge is 0.493 e. The summed E-state index contributed by atoms with van der Waals surface area (Å²) in [6.45, 7) is 0. The molecule has 0 aliphatic heterocycles. The quantitative estimate of drug-likeness (QED) is 0.261. The van der Waals surface area contributed by atoms with E-state index in [1.54, 1.807) is 29.9 Å². The summed E-state index contributed by atoms with van der Waals surface area (Å²) in [6.07, 6.45) is 0. The van der Waals surface area contributed by atoms with Crippen molar-refractivity contribution in [1.82, 2.24) is 4.57 Å². The summed E-state index contributed by atoms with van der Waals surface area (Å²) >= 11 is 1.46. The molecule has 0 aliphatic carbocycles. The van der Waals surface area contributed by atoms with Gasteiger partial charge in [0.1, 0.15) is 0 Å². The number of nitrogens with zero attached hydrogens (tertiary/aromatic N) is 1. The second kappa shape index (κ2) is 10.2. The van der Waals surface area contributed by atoms with Gasteiger partial charge in [-0.15, -0.1) is 11.8 Å². The van der Waals surface area contributed by atoms with Crippen molar-refractivity contribution in [2.24, 2.45) is 0 Å². The normalized spacial score (nSPS) is 10.9. The SMILES string of the molecule is COc1ccc(C(=O)Nc2ccc(SCC(=O)n3c4ccccc4c4ccccc43)cc2)cc1OC. The zero-order chi connectivity index (χ0) is 25.1. The summed E-state index contributed by atoms with van der Waals surface area (Å²) < 4.78 is 12.3. The van der Waals surface area contributed by atoms with E-state index in [9.17, 15) is 9.59 Å². The predicted molar refractivity (Wildman–Crippen MR) is 145 cm³/mol. The van der Waals surface area contributed by atoms with Crippen molar-refractivity contribution in [3.8, 4) is 11.5 Å². The van der Waals surface area contributed by atoms with E-state index in [-0.39, 0.29) is 11.8 Å². The van der Waals surface area contributed by atoms with Gasteiger partial charge in [-0.3, -0.25) is 14.2 Å². The number of nitrogens with one attached hydrogen (secondary N) is 1. The molecule has 36 heavy (non-hydrogen) atoms. The highest BCUT2D eigenvalue weighted by Gasteiger charge is 2.16. The van der Waals surface area contributed by atoms with Gasteiger partial charge in [-0.05, 0) is 54.6 Å². The first-order valence-electron chi connectivity index (χ1n) is 11.4. The number of amides is 1. The molecule has 0 bridgehead atoms. The summed E-state index contributed by atoms with van der Waals surface area (Å²) in [7, 11) is 3.08. The molecule has 6 nitrogen and oxygen atoms in total. The van der Waals surface area contributed by atoms with Crippen molar-refractivity contribution in [3.63, 3.8) is 0 Å². The fourth-order valence-corrected chi connectivity index (χ4v) is 4.96. The molecule has 5 aromatic rings. The highest BCUT2D eigenvalue weighted by molar-refractivity contribution is 8.00. The molecular formula is C29H24N2O4S. The van der Waals surface area contributed by atoms with E-state index >= 15 is 0 Å². The first-order valence-corrected chi connectivity index (χ1v) is 12.3. The van der Waals surface area contributed by atoms with Crippen LogP contribution in [0.15, 0.2) is 95.9 Å². The fraction of sp³-hybridized carbons (Fsp3) is 0.103. The molecule has 0 saturated heterocycles. The van der Waals surface area contributed by atoms with Gasteiger partial charge in [0.15, 0.2) is 11.5 Å². The molecule has 0 radical (unpaired) electrons. The van der Waals surface area contributed by atoms with Gasteiger partial charge in [0.2, 0.25) is 5.91 Å². The van der Waals surface area contributed by atoms with Crippen LogP contribution in [0.5, 0.6) is 11.5 Å². The van der Waals surface area contributed by atoms with Crippen LogP contribution in [-0.4, -0.2) is 36.4 Å². The average Bonchev–Trinajstić information content (AvgIpc) is 3.26. The first-order chi connectivity index (χ1) is 17.6. The van der Waals surface area contributed by atoms with Gasteiger partial charge in [-0.25, -0.2) is 0 Å². The Kier molecular flexibility index (Phi) is 6.64. The number of fused-ring (bicyclic) bond motifs is 3. The van der Waals surface area contributed by atoms with Gasteiger partial charge < -0.3 is 14.8 Å². The summed E-state index contributed by atoms with van der Waals surface area (Å²) in [5, 5.41) is 5.03. The van der Waals surface area contributed by atoms with E-state index < -0.39 is 0 Å². The van der Waals surface area contributed by atoms with Gasteiger partial charge in [0.25, 0.3) is 5.91 Å². The van der Waals surface area contributed by atoms with Crippen molar-refractivity contribution < 1.29 is 19.1 Å². The number of methoxy groups -OCH3 is 2. The zero-order valence-electron chi connectivity index (χ0n) is 19.9. The van der Waals surface area contributed by atoms with E-state index in [4.69, 9.17) is 9.47 Å². The number of hydrogen-bond acceptors (Lipinski definition) is 5. The lowest BCUT2D eigenvalue weighted by Gasteiger charge is -2.10. The molecule has 0 unspecified atom stereocenters. The monoisotopic (exact) mass is 496 g/mol. The maximum Gasteiger partial charge on any atom is 0.255 e. The minimum absolute atomic E-state index is 0.0169. The molecule has 4 aromatic carbocycles. The Labute approximate surface area is 212 Å². The lowest BCUT2D eigenvalue weighted by Crippen LogP contribution is -2.13. The van der Waals surface area contributed by atoms with E-state index in [1.165, 1.54) is 18.9 Å². The summed E-state index contributed by atoms with van der Waals surface area (Å²) in [5.41, 5.74) is 2.95. The topological polar surface area (TPSA) is 69.6 Å². The number of aromatic nitrogens is 1. The van der Waals surface area contributed by atoms with Crippen molar-refractivity contribution in [1.29, 1.82) is 0 Å². The van der Waals surface area contributed by atoms with Gasteiger partial charge in [-0.2, -0.15) is 0 Å². The average molecular weight is 497 g/mol. The summed E-state index contributed by atoms with van der Waals surface area (Å²) in [4.78, 5) is 26.8. The van der Waals surface area contributed by atoms with Gasteiger partial charge >= 0.3 is 0 Å². The molecule has 0 fully saturated rings. The highest BCUT2D eigenvalue weighted by Crippen LogP contribution is 2.30. The van der Waals surface area contributed by atoms with Crippen LogP contribution < -0.4 is 14.8 Å². The van der Waals surface area contributed by atoms with Gasteiger partial charge in [-0.1, -0.05) is 36.4 Å². The maximum absolute atomic E-state index is 13.2. The second-order valence-electron chi connectivity index (χ2n) is 8.10. The van der Waals surface area contributed by atoms with Crippen LogP contribution in [0.2, 0.25) is 0 Å². The fourth-order valence-electron chi connectivity index (χ4n) is 4.22. The van der Waals surface area contributed by atoms with Crippen LogP contribution in [0.3, 0.4) is 0 Å². The number of anilines is 1. The Morgan fingerprint density at radius 2 is 1.39 bits per heavy atom. The highest BCUT2D eigenvalue weighted by atomic mass is 32.2. The van der Waals surface area contributed by atoms with Gasteiger partial charge in [0.05, 0.1) is 31.0 Å². The van der Waals surface area contributed by atoms with E-state index in [0.717, 1.165) is 26.7 Å². The van der Waals surface area contributed by atoms with E-state index in [2.05, 4.69) is 5.32 Å². The van der Waals surface area contributed by atoms with Crippen molar-refractivity contribution in [2.45, 2.75) is 4.90 Å². The van der Waals surface area contributed by atoms with Crippen LogP contribution in [0.4, 0.5) is 5.69 Å². The molecule has 1 heterocycles. The predicted octanol–water partition coefficient (Wildman–Crippen LogP) is 6.50. The number of carbonyl (C=O) groups is 2. The number of rotatable bonds is 7. The number of para-hydroxylation sites is 2. The first kappa shape index (κ1) is 23.5. The minimum Gasteiger partial charge on any atom is -0.493 e. The molecule has 0 saturated carbocycles. The Balaban J connectivity index is 1.27. The molecule has 7 heteroatoms. The Morgan fingerprint density at radius 1 is 0.778 bits per heavy atom. The molecule has 1 N–H and O–H groups in total. The second-order valence-corrected chi connectivity index (χ2v) is 9.15. The van der Waals surface area contributed by atoms with Crippen LogP contribution in [0.1, 0.15) is 15.2 Å². The van der Waals surface area contributed by atoms with Crippen LogP contribution in [0, 0.1) is 0 Å². The van der Waals surface area contributed by atoms with Crippen molar-refractivity contribution >= 4 is 51.1 Å². The molecule has 1 amide bonds. The number of benzene rings is 4. The van der Waals surface area contributed by atoms with Crippen LogP contribution >= 0.6 is 11.8 Å². The number of thioether (sulfide) groups is 1. The minimum atomic E-state index is -0.252. The molecular weight excluding hydrogens is 472 g/mol. The Hall–Kier alpha value is -4.23. The third-order valence-corrected chi connectivity index (χ3v) is 6.95.